The van der Waals surface area contributed by atoms with Crippen molar-refractivity contribution < 1.29 is 19.1 Å². The van der Waals surface area contributed by atoms with Crippen LogP contribution >= 0.6 is 0 Å². The number of urea groups is 1. The van der Waals surface area contributed by atoms with Crippen molar-refractivity contribution in [2.45, 2.75) is 83.8 Å². The Hall–Kier alpha value is -1.59. The van der Waals surface area contributed by atoms with E-state index in [1.165, 1.54) is 6.42 Å². The molecule has 2 unspecified atom stereocenters. The third-order valence-electron chi connectivity index (χ3n) is 5.76. The number of rotatable bonds is 3. The second-order valence-corrected chi connectivity index (χ2v) is 9.01. The fourth-order valence-electron chi connectivity index (χ4n) is 5.18. The lowest BCUT2D eigenvalue weighted by Gasteiger charge is -2.43. The summed E-state index contributed by atoms with van der Waals surface area (Å²) in [5.41, 5.74) is -0.872. The van der Waals surface area contributed by atoms with E-state index in [1.54, 1.807) is 0 Å². The summed E-state index contributed by atoms with van der Waals surface area (Å²) >= 11 is 0. The fourth-order valence-corrected chi connectivity index (χ4v) is 5.18. The minimum absolute atomic E-state index is 0.0147. The van der Waals surface area contributed by atoms with Crippen LogP contribution in [-0.2, 0) is 14.3 Å². The third kappa shape index (κ3) is 3.82. The standard InChI is InChI=1S/C19H30N2O4/c1-13-9-18(2,3)12-19(10-13)16(23)21(17(24)20-19)11-15(22)25-14-7-5-4-6-8-14/h13-14H,4-12H2,1-3H3,(H,20,24). The van der Waals surface area contributed by atoms with Crippen LogP contribution in [0.5, 0.6) is 0 Å². The molecular weight excluding hydrogens is 320 g/mol. The molecule has 6 nitrogen and oxygen atoms in total. The summed E-state index contributed by atoms with van der Waals surface area (Å²) in [4.78, 5) is 38.7. The number of carbonyl (C=O) groups is 3. The lowest BCUT2D eigenvalue weighted by molar-refractivity contribution is -0.154. The van der Waals surface area contributed by atoms with Crippen LogP contribution in [0.1, 0.15) is 72.1 Å². The molecule has 3 fully saturated rings. The highest BCUT2D eigenvalue weighted by atomic mass is 16.5. The SMILES string of the molecule is CC1CC(C)(C)CC2(C1)NC(=O)N(CC(=O)OC1CCCCC1)C2=O. The highest BCUT2D eigenvalue weighted by Crippen LogP contribution is 2.46. The number of amides is 3. The van der Waals surface area contributed by atoms with E-state index in [2.05, 4.69) is 26.1 Å². The molecule has 1 N–H and O–H groups in total. The molecule has 6 heteroatoms. The van der Waals surface area contributed by atoms with Crippen molar-refractivity contribution >= 4 is 17.9 Å². The van der Waals surface area contributed by atoms with Gasteiger partial charge in [-0.2, -0.15) is 0 Å². The summed E-state index contributed by atoms with van der Waals surface area (Å²) in [5, 5.41) is 2.89. The average Bonchev–Trinajstić information content (AvgIpc) is 2.70. The van der Waals surface area contributed by atoms with Crippen molar-refractivity contribution in [2.24, 2.45) is 11.3 Å². The maximum Gasteiger partial charge on any atom is 0.326 e. The number of nitrogens with zero attached hydrogens (tertiary/aromatic N) is 1. The molecule has 2 saturated carbocycles. The van der Waals surface area contributed by atoms with Crippen molar-refractivity contribution in [1.82, 2.24) is 10.2 Å². The summed E-state index contributed by atoms with van der Waals surface area (Å²) in [6.45, 7) is 6.09. The van der Waals surface area contributed by atoms with Gasteiger partial charge in [-0.15, -0.1) is 0 Å². The summed E-state index contributed by atoms with van der Waals surface area (Å²) in [5.74, 6) is -0.393. The lowest BCUT2D eigenvalue weighted by atomic mass is 9.64. The Morgan fingerprint density at radius 2 is 1.88 bits per heavy atom. The molecule has 3 rings (SSSR count). The van der Waals surface area contributed by atoms with Crippen LogP contribution in [0.3, 0.4) is 0 Å². The molecule has 1 aliphatic heterocycles. The van der Waals surface area contributed by atoms with E-state index < -0.39 is 17.5 Å². The molecule has 25 heavy (non-hydrogen) atoms. The zero-order valence-electron chi connectivity index (χ0n) is 15.6. The summed E-state index contributed by atoms with van der Waals surface area (Å²) in [7, 11) is 0. The largest absolute Gasteiger partial charge is 0.461 e. The van der Waals surface area contributed by atoms with E-state index >= 15 is 0 Å². The topological polar surface area (TPSA) is 75.7 Å². The van der Waals surface area contributed by atoms with Crippen molar-refractivity contribution in [1.29, 1.82) is 0 Å². The van der Waals surface area contributed by atoms with Crippen molar-refractivity contribution in [3.8, 4) is 0 Å². The van der Waals surface area contributed by atoms with Gasteiger partial charge in [0.1, 0.15) is 18.2 Å². The van der Waals surface area contributed by atoms with Crippen molar-refractivity contribution in [2.75, 3.05) is 6.54 Å². The molecule has 0 radical (unpaired) electrons. The number of carbonyl (C=O) groups excluding carboxylic acids is 3. The second kappa shape index (κ2) is 6.61. The van der Waals surface area contributed by atoms with Crippen LogP contribution in [0.4, 0.5) is 4.79 Å². The monoisotopic (exact) mass is 350 g/mol. The predicted molar refractivity (Wildman–Crippen MR) is 92.7 cm³/mol. The molecule has 3 amide bonds. The van der Waals surface area contributed by atoms with Crippen LogP contribution in [0, 0.1) is 11.3 Å². The summed E-state index contributed by atoms with van der Waals surface area (Å²) in [6, 6.07) is -0.463. The average molecular weight is 350 g/mol. The number of imide groups is 1. The second-order valence-electron chi connectivity index (χ2n) is 9.01. The smallest absolute Gasteiger partial charge is 0.326 e. The number of hydrogen-bond donors (Lipinski definition) is 1. The van der Waals surface area contributed by atoms with E-state index in [-0.39, 0.29) is 24.0 Å². The lowest BCUT2D eigenvalue weighted by Crippen LogP contribution is -2.54. The van der Waals surface area contributed by atoms with Crippen LogP contribution in [0.25, 0.3) is 0 Å². The summed E-state index contributed by atoms with van der Waals surface area (Å²) < 4.78 is 5.47. The van der Waals surface area contributed by atoms with Crippen LogP contribution in [-0.4, -0.2) is 41.0 Å². The highest BCUT2D eigenvalue weighted by Gasteiger charge is 2.56. The fraction of sp³-hybridized carbons (Fsp3) is 0.842. The normalized spacial score (nSPS) is 32.8. The molecule has 1 heterocycles. The van der Waals surface area contributed by atoms with E-state index in [0.29, 0.717) is 18.8 Å². The van der Waals surface area contributed by atoms with E-state index in [0.717, 1.165) is 37.0 Å². The van der Waals surface area contributed by atoms with Crippen molar-refractivity contribution in [3.63, 3.8) is 0 Å². The first-order valence-corrected chi connectivity index (χ1v) is 9.54. The van der Waals surface area contributed by atoms with Gasteiger partial charge >= 0.3 is 12.0 Å². The maximum absolute atomic E-state index is 13.0. The number of ether oxygens (including phenoxy) is 1. The van der Waals surface area contributed by atoms with E-state index in [4.69, 9.17) is 4.74 Å². The Morgan fingerprint density at radius 3 is 2.52 bits per heavy atom. The van der Waals surface area contributed by atoms with Gasteiger partial charge in [0.05, 0.1) is 0 Å². The predicted octanol–water partition coefficient (Wildman–Crippen LogP) is 3.00. The zero-order chi connectivity index (χ0) is 18.2. The molecule has 2 atom stereocenters. The third-order valence-corrected chi connectivity index (χ3v) is 5.76. The van der Waals surface area contributed by atoms with Gasteiger partial charge in [0, 0.05) is 0 Å². The molecule has 0 bridgehead atoms. The van der Waals surface area contributed by atoms with E-state index in [9.17, 15) is 14.4 Å². The minimum Gasteiger partial charge on any atom is -0.461 e. The Balaban J connectivity index is 1.66. The molecule has 2 aliphatic carbocycles. The minimum atomic E-state index is -0.858. The molecule has 140 valence electrons. The van der Waals surface area contributed by atoms with Crippen LogP contribution in [0.15, 0.2) is 0 Å². The van der Waals surface area contributed by atoms with Gasteiger partial charge in [0.25, 0.3) is 5.91 Å². The van der Waals surface area contributed by atoms with Gasteiger partial charge in [-0.3, -0.25) is 14.5 Å². The number of nitrogens with one attached hydrogen (secondary N) is 1. The van der Waals surface area contributed by atoms with Gasteiger partial charge in [-0.25, -0.2) is 4.79 Å². The first kappa shape index (κ1) is 18.2. The molecular formula is C19H30N2O4. The van der Waals surface area contributed by atoms with Gasteiger partial charge in [0.15, 0.2) is 0 Å². The highest BCUT2D eigenvalue weighted by molar-refractivity contribution is 6.08. The van der Waals surface area contributed by atoms with Gasteiger partial charge in [0.2, 0.25) is 0 Å². The Labute approximate surface area is 149 Å². The molecule has 1 saturated heterocycles. The molecule has 1 spiro atoms. The van der Waals surface area contributed by atoms with Gasteiger partial charge < -0.3 is 10.1 Å². The zero-order valence-corrected chi connectivity index (χ0v) is 15.6. The Morgan fingerprint density at radius 1 is 1.20 bits per heavy atom. The first-order chi connectivity index (χ1) is 11.7. The van der Waals surface area contributed by atoms with Crippen LogP contribution in [0.2, 0.25) is 0 Å². The Bertz CT molecular complexity index is 568. The molecule has 0 aromatic rings. The quantitative estimate of drug-likeness (QED) is 0.627. The van der Waals surface area contributed by atoms with E-state index in [1.807, 2.05) is 0 Å². The molecule has 0 aromatic heterocycles. The maximum atomic E-state index is 13.0. The van der Waals surface area contributed by atoms with Gasteiger partial charge in [-0.05, 0) is 56.3 Å². The number of hydrogen-bond acceptors (Lipinski definition) is 4. The molecule has 3 aliphatic rings. The van der Waals surface area contributed by atoms with Gasteiger partial charge in [-0.1, -0.05) is 27.2 Å². The molecule has 0 aromatic carbocycles. The van der Waals surface area contributed by atoms with Crippen LogP contribution < -0.4 is 5.32 Å². The number of esters is 1. The Kier molecular flexibility index (Phi) is 4.82. The van der Waals surface area contributed by atoms with Crippen molar-refractivity contribution in [3.05, 3.63) is 0 Å². The first-order valence-electron chi connectivity index (χ1n) is 9.54. The summed E-state index contributed by atoms with van der Waals surface area (Å²) in [6.07, 6.45) is 7.28.